The summed E-state index contributed by atoms with van der Waals surface area (Å²) < 4.78 is 2.32. The number of hydrogen-bond donors (Lipinski definition) is 1. The third-order valence-corrected chi connectivity index (χ3v) is 3.71. The summed E-state index contributed by atoms with van der Waals surface area (Å²) in [5.41, 5.74) is 2.88. The molecule has 1 heterocycles. The summed E-state index contributed by atoms with van der Waals surface area (Å²) in [4.78, 5) is 0. The zero-order valence-electron chi connectivity index (χ0n) is 11.2. The van der Waals surface area contributed by atoms with Gasteiger partial charge in [0.05, 0.1) is 12.2 Å². The second-order valence-electron chi connectivity index (χ2n) is 5.03. The molecule has 1 aliphatic rings. The Morgan fingerprint density at radius 1 is 1.35 bits per heavy atom. The summed E-state index contributed by atoms with van der Waals surface area (Å²) in [5.74, 6) is 0. The van der Waals surface area contributed by atoms with Gasteiger partial charge in [-0.3, -0.25) is 4.68 Å². The Labute approximate surface area is 105 Å². The third kappa shape index (κ3) is 2.89. The molecule has 0 unspecified atom stereocenters. The number of rotatable bonds is 6. The molecule has 1 aromatic heterocycles. The molecule has 1 N–H and O–H groups in total. The van der Waals surface area contributed by atoms with Crippen molar-refractivity contribution in [1.82, 2.24) is 15.1 Å². The summed E-state index contributed by atoms with van der Waals surface area (Å²) in [5, 5.41) is 8.06. The molecule has 1 aromatic rings. The van der Waals surface area contributed by atoms with Gasteiger partial charge in [-0.25, -0.2) is 0 Å². The standard InChI is InChI=1S/C14H25N3/c1-3-7-14-12(10-15-4-2)11-16-17(14)13-8-5-6-9-13/h11,13,15H,3-10H2,1-2H3. The Morgan fingerprint density at radius 2 is 2.12 bits per heavy atom. The van der Waals surface area contributed by atoms with Crippen LogP contribution in [0.5, 0.6) is 0 Å². The van der Waals surface area contributed by atoms with E-state index in [4.69, 9.17) is 0 Å². The van der Waals surface area contributed by atoms with Crippen LogP contribution in [0.3, 0.4) is 0 Å². The van der Waals surface area contributed by atoms with Crippen LogP contribution in [0, 0.1) is 0 Å². The van der Waals surface area contributed by atoms with Crippen molar-refractivity contribution in [1.29, 1.82) is 0 Å². The number of nitrogens with one attached hydrogen (secondary N) is 1. The number of nitrogens with zero attached hydrogens (tertiary/aromatic N) is 2. The Morgan fingerprint density at radius 3 is 2.76 bits per heavy atom. The van der Waals surface area contributed by atoms with Gasteiger partial charge in [0.2, 0.25) is 0 Å². The van der Waals surface area contributed by atoms with Crippen LogP contribution in [0.2, 0.25) is 0 Å². The zero-order valence-corrected chi connectivity index (χ0v) is 11.2. The van der Waals surface area contributed by atoms with Crippen LogP contribution in [0.25, 0.3) is 0 Å². The summed E-state index contributed by atoms with van der Waals surface area (Å²) in [7, 11) is 0. The second-order valence-corrected chi connectivity index (χ2v) is 5.03. The minimum absolute atomic E-state index is 0.673. The fourth-order valence-electron chi connectivity index (χ4n) is 2.81. The van der Waals surface area contributed by atoms with Crippen LogP contribution < -0.4 is 5.32 Å². The van der Waals surface area contributed by atoms with E-state index in [-0.39, 0.29) is 0 Å². The first-order chi connectivity index (χ1) is 8.36. The molecule has 2 rings (SSSR count). The molecule has 0 bridgehead atoms. The van der Waals surface area contributed by atoms with Gasteiger partial charge in [-0.15, -0.1) is 0 Å². The van der Waals surface area contributed by atoms with E-state index in [0.29, 0.717) is 6.04 Å². The molecule has 1 aliphatic carbocycles. The molecule has 0 atom stereocenters. The van der Waals surface area contributed by atoms with E-state index in [2.05, 4.69) is 35.1 Å². The van der Waals surface area contributed by atoms with E-state index < -0.39 is 0 Å². The van der Waals surface area contributed by atoms with Gasteiger partial charge in [-0.1, -0.05) is 33.1 Å². The monoisotopic (exact) mass is 235 g/mol. The highest BCUT2D eigenvalue weighted by Gasteiger charge is 2.21. The first kappa shape index (κ1) is 12.6. The molecule has 1 saturated carbocycles. The molecule has 96 valence electrons. The average molecular weight is 235 g/mol. The topological polar surface area (TPSA) is 29.9 Å². The summed E-state index contributed by atoms with van der Waals surface area (Å²) in [6.45, 7) is 6.41. The molecule has 17 heavy (non-hydrogen) atoms. The molecular formula is C14H25N3. The lowest BCUT2D eigenvalue weighted by Crippen LogP contribution is -2.15. The fourth-order valence-corrected chi connectivity index (χ4v) is 2.81. The predicted molar refractivity (Wildman–Crippen MR) is 71.1 cm³/mol. The molecule has 0 radical (unpaired) electrons. The zero-order chi connectivity index (χ0) is 12.1. The van der Waals surface area contributed by atoms with Crippen molar-refractivity contribution in [2.45, 2.75) is 65.0 Å². The van der Waals surface area contributed by atoms with Crippen LogP contribution in [0.4, 0.5) is 0 Å². The van der Waals surface area contributed by atoms with Gasteiger partial charge in [0.15, 0.2) is 0 Å². The molecule has 1 fully saturated rings. The maximum Gasteiger partial charge on any atom is 0.0537 e. The maximum atomic E-state index is 4.65. The highest BCUT2D eigenvalue weighted by Crippen LogP contribution is 2.31. The third-order valence-electron chi connectivity index (χ3n) is 3.71. The smallest absolute Gasteiger partial charge is 0.0537 e. The van der Waals surface area contributed by atoms with Crippen LogP contribution in [0.1, 0.15) is 63.3 Å². The van der Waals surface area contributed by atoms with Crippen molar-refractivity contribution in [3.63, 3.8) is 0 Å². The predicted octanol–water partition coefficient (Wildman–Crippen LogP) is 3.06. The fraction of sp³-hybridized carbons (Fsp3) is 0.786. The molecule has 0 amide bonds. The molecule has 0 spiro atoms. The van der Waals surface area contributed by atoms with Crippen LogP contribution in [-0.4, -0.2) is 16.3 Å². The SMILES string of the molecule is CCCc1c(CNCC)cnn1C1CCCC1. The molecule has 0 aliphatic heterocycles. The highest BCUT2D eigenvalue weighted by molar-refractivity contribution is 5.19. The Bertz CT molecular complexity index is 337. The van der Waals surface area contributed by atoms with E-state index in [9.17, 15) is 0 Å². The molecule has 3 nitrogen and oxygen atoms in total. The van der Waals surface area contributed by atoms with Gasteiger partial charge in [0, 0.05) is 17.8 Å². The summed E-state index contributed by atoms with van der Waals surface area (Å²) >= 11 is 0. The quantitative estimate of drug-likeness (QED) is 0.821. The highest BCUT2D eigenvalue weighted by atomic mass is 15.3. The molecule has 0 aromatic carbocycles. The lowest BCUT2D eigenvalue weighted by molar-refractivity contribution is 0.447. The van der Waals surface area contributed by atoms with E-state index in [1.165, 1.54) is 43.4 Å². The lowest BCUT2D eigenvalue weighted by Gasteiger charge is -2.15. The lowest BCUT2D eigenvalue weighted by atomic mass is 10.1. The van der Waals surface area contributed by atoms with Gasteiger partial charge in [0.1, 0.15) is 0 Å². The minimum atomic E-state index is 0.673. The van der Waals surface area contributed by atoms with E-state index in [0.717, 1.165) is 19.5 Å². The van der Waals surface area contributed by atoms with Gasteiger partial charge in [-0.05, 0) is 25.8 Å². The van der Waals surface area contributed by atoms with Gasteiger partial charge in [0.25, 0.3) is 0 Å². The number of hydrogen-bond acceptors (Lipinski definition) is 2. The second kappa shape index (κ2) is 6.20. The molecular weight excluding hydrogens is 210 g/mol. The van der Waals surface area contributed by atoms with Crippen LogP contribution >= 0.6 is 0 Å². The van der Waals surface area contributed by atoms with Crippen molar-refractivity contribution in [3.05, 3.63) is 17.5 Å². The first-order valence-electron chi connectivity index (χ1n) is 7.12. The van der Waals surface area contributed by atoms with Crippen LogP contribution in [-0.2, 0) is 13.0 Å². The van der Waals surface area contributed by atoms with E-state index in [1.807, 2.05) is 0 Å². The largest absolute Gasteiger partial charge is 0.313 e. The number of aromatic nitrogens is 2. The summed E-state index contributed by atoms with van der Waals surface area (Å²) in [6.07, 6.45) is 9.83. The van der Waals surface area contributed by atoms with Crippen LogP contribution in [0.15, 0.2) is 6.20 Å². The Balaban J connectivity index is 2.15. The Hall–Kier alpha value is -0.830. The maximum absolute atomic E-state index is 4.65. The van der Waals surface area contributed by atoms with Crippen molar-refractivity contribution in [2.24, 2.45) is 0 Å². The minimum Gasteiger partial charge on any atom is -0.313 e. The van der Waals surface area contributed by atoms with Crippen molar-refractivity contribution >= 4 is 0 Å². The van der Waals surface area contributed by atoms with Crippen molar-refractivity contribution in [3.8, 4) is 0 Å². The Kier molecular flexibility index (Phi) is 4.60. The van der Waals surface area contributed by atoms with Gasteiger partial charge < -0.3 is 5.32 Å². The van der Waals surface area contributed by atoms with Crippen molar-refractivity contribution < 1.29 is 0 Å². The normalized spacial score (nSPS) is 16.8. The van der Waals surface area contributed by atoms with E-state index >= 15 is 0 Å². The van der Waals surface area contributed by atoms with E-state index in [1.54, 1.807) is 0 Å². The first-order valence-corrected chi connectivity index (χ1v) is 7.12. The van der Waals surface area contributed by atoms with Gasteiger partial charge in [-0.2, -0.15) is 5.10 Å². The average Bonchev–Trinajstić information content (AvgIpc) is 2.96. The molecule has 3 heteroatoms. The molecule has 0 saturated heterocycles. The van der Waals surface area contributed by atoms with Gasteiger partial charge >= 0.3 is 0 Å². The summed E-state index contributed by atoms with van der Waals surface area (Å²) in [6, 6.07) is 0.673. The van der Waals surface area contributed by atoms with Crippen molar-refractivity contribution in [2.75, 3.05) is 6.54 Å².